The third-order valence-corrected chi connectivity index (χ3v) is 5.76. The maximum Gasteiger partial charge on any atom is 0.410 e. The molecule has 2 unspecified atom stereocenters. The third kappa shape index (κ3) is 8.30. The van der Waals surface area contributed by atoms with Crippen molar-refractivity contribution >= 4 is 12.1 Å². The van der Waals surface area contributed by atoms with Gasteiger partial charge in [0.1, 0.15) is 5.60 Å². The Morgan fingerprint density at radius 3 is 2.80 bits per heavy atom. The molecule has 2 aliphatic heterocycles. The molecule has 3 N–H and O–H groups in total. The van der Waals surface area contributed by atoms with Crippen LogP contribution in [0.2, 0.25) is 0 Å². The van der Waals surface area contributed by atoms with Gasteiger partial charge >= 0.3 is 6.09 Å². The van der Waals surface area contributed by atoms with Gasteiger partial charge < -0.3 is 30.1 Å². The summed E-state index contributed by atoms with van der Waals surface area (Å²) in [6.07, 6.45) is 4.59. The van der Waals surface area contributed by atoms with Gasteiger partial charge in [-0.1, -0.05) is 0 Å². The van der Waals surface area contributed by atoms with Crippen molar-refractivity contribution in [1.82, 2.24) is 15.5 Å². The number of carbonyl (C=O) groups excluding carboxylic acids is 1. The second-order valence-corrected chi connectivity index (χ2v) is 9.62. The lowest BCUT2D eigenvalue weighted by Gasteiger charge is -2.34. The van der Waals surface area contributed by atoms with Crippen molar-refractivity contribution in [1.29, 1.82) is 0 Å². The molecule has 2 heterocycles. The molecule has 8 nitrogen and oxygen atoms in total. The zero-order valence-corrected chi connectivity index (χ0v) is 19.3. The van der Waals surface area contributed by atoms with E-state index in [0.29, 0.717) is 19.1 Å². The smallest absolute Gasteiger partial charge is 0.410 e. The molecule has 0 aliphatic carbocycles. The molecular formula is C22H42N4O4. The molecule has 0 aromatic rings. The largest absolute Gasteiger partial charge is 0.444 e. The van der Waals surface area contributed by atoms with Crippen molar-refractivity contribution in [2.75, 3.05) is 52.5 Å². The van der Waals surface area contributed by atoms with Crippen molar-refractivity contribution in [2.45, 2.75) is 65.4 Å². The van der Waals surface area contributed by atoms with Gasteiger partial charge in [-0.25, -0.2) is 4.79 Å². The highest BCUT2D eigenvalue weighted by molar-refractivity contribution is 5.79. The van der Waals surface area contributed by atoms with Crippen molar-refractivity contribution < 1.29 is 19.4 Å². The summed E-state index contributed by atoms with van der Waals surface area (Å²) < 4.78 is 11.1. The summed E-state index contributed by atoms with van der Waals surface area (Å²) >= 11 is 0. The average Bonchev–Trinajstić information content (AvgIpc) is 3.14. The van der Waals surface area contributed by atoms with Gasteiger partial charge in [0.2, 0.25) is 0 Å². The van der Waals surface area contributed by atoms with Crippen LogP contribution in [-0.4, -0.2) is 80.2 Å². The first-order valence-electron chi connectivity index (χ1n) is 11.5. The van der Waals surface area contributed by atoms with E-state index in [1.165, 1.54) is 0 Å². The van der Waals surface area contributed by atoms with E-state index in [0.717, 1.165) is 70.8 Å². The molecule has 0 bridgehead atoms. The highest BCUT2D eigenvalue weighted by Gasteiger charge is 2.34. The van der Waals surface area contributed by atoms with Gasteiger partial charge in [0.15, 0.2) is 5.96 Å². The van der Waals surface area contributed by atoms with Crippen LogP contribution in [0.1, 0.15) is 59.8 Å². The van der Waals surface area contributed by atoms with E-state index in [4.69, 9.17) is 14.5 Å². The summed E-state index contributed by atoms with van der Waals surface area (Å²) in [6.45, 7) is 13.1. The zero-order chi connectivity index (χ0) is 22.0. The van der Waals surface area contributed by atoms with E-state index in [9.17, 15) is 9.90 Å². The molecule has 0 aromatic carbocycles. The highest BCUT2D eigenvalue weighted by Crippen LogP contribution is 2.32. The number of guanidine groups is 1. The molecular weight excluding hydrogens is 384 g/mol. The summed E-state index contributed by atoms with van der Waals surface area (Å²) in [4.78, 5) is 19.0. The number of nitrogens with zero attached hydrogens (tertiary/aromatic N) is 2. The Kier molecular flexibility index (Phi) is 9.68. The molecule has 0 aromatic heterocycles. The Labute approximate surface area is 181 Å². The summed E-state index contributed by atoms with van der Waals surface area (Å²) in [5.74, 6) is 1.27. The molecule has 2 saturated heterocycles. The monoisotopic (exact) mass is 426 g/mol. The van der Waals surface area contributed by atoms with Gasteiger partial charge in [-0.3, -0.25) is 4.99 Å². The maximum atomic E-state index is 12.4. The number of hydrogen-bond acceptors (Lipinski definition) is 5. The number of amides is 1. The number of likely N-dealkylation sites (tertiary alicyclic amines) is 1. The van der Waals surface area contributed by atoms with E-state index >= 15 is 0 Å². The standard InChI is InChI=1S/C22H42N4O4/c1-5-23-19(25-16-22(9-13-27)10-14-29-17-22)24-11-8-18-7-6-12-26(15-18)20(28)30-21(2,3)4/h18,27H,5-17H2,1-4H3,(H2,23,24,25). The average molecular weight is 427 g/mol. The molecule has 2 fully saturated rings. The topological polar surface area (TPSA) is 95.4 Å². The second-order valence-electron chi connectivity index (χ2n) is 9.62. The van der Waals surface area contributed by atoms with E-state index in [2.05, 4.69) is 17.6 Å². The summed E-state index contributed by atoms with van der Waals surface area (Å²) in [5, 5.41) is 16.1. The van der Waals surface area contributed by atoms with Crippen molar-refractivity contribution in [2.24, 2.45) is 16.3 Å². The normalized spacial score (nSPS) is 25.3. The lowest BCUT2D eigenvalue weighted by Crippen LogP contribution is -2.44. The number of ether oxygens (including phenoxy) is 2. The van der Waals surface area contributed by atoms with Crippen molar-refractivity contribution in [3.05, 3.63) is 0 Å². The Hall–Kier alpha value is -1.54. The third-order valence-electron chi connectivity index (χ3n) is 5.76. The molecule has 1 amide bonds. The Morgan fingerprint density at radius 2 is 2.17 bits per heavy atom. The number of rotatable bonds is 8. The van der Waals surface area contributed by atoms with E-state index < -0.39 is 5.60 Å². The lowest BCUT2D eigenvalue weighted by molar-refractivity contribution is 0.0162. The van der Waals surface area contributed by atoms with Crippen LogP contribution in [0.15, 0.2) is 4.99 Å². The second kappa shape index (κ2) is 11.7. The predicted molar refractivity (Wildman–Crippen MR) is 119 cm³/mol. The van der Waals surface area contributed by atoms with Gasteiger partial charge in [-0.15, -0.1) is 0 Å². The quantitative estimate of drug-likeness (QED) is 0.407. The van der Waals surface area contributed by atoms with Crippen LogP contribution in [0.25, 0.3) is 0 Å². The maximum absolute atomic E-state index is 12.4. The molecule has 8 heteroatoms. The van der Waals surface area contributed by atoms with Crippen LogP contribution in [-0.2, 0) is 9.47 Å². The van der Waals surface area contributed by atoms with Gasteiger partial charge in [0.25, 0.3) is 0 Å². The fourth-order valence-corrected chi connectivity index (χ4v) is 4.06. The molecule has 0 radical (unpaired) electrons. The van der Waals surface area contributed by atoms with E-state index in [-0.39, 0.29) is 18.1 Å². The van der Waals surface area contributed by atoms with Gasteiger partial charge in [0.05, 0.1) is 13.2 Å². The first kappa shape index (κ1) is 24.7. The molecule has 2 rings (SSSR count). The van der Waals surface area contributed by atoms with Crippen molar-refractivity contribution in [3.8, 4) is 0 Å². The fraction of sp³-hybridized carbons (Fsp3) is 0.909. The summed E-state index contributed by atoms with van der Waals surface area (Å²) in [7, 11) is 0. The first-order valence-corrected chi connectivity index (χ1v) is 11.5. The first-order chi connectivity index (χ1) is 14.3. The Balaban J connectivity index is 1.81. The van der Waals surface area contributed by atoms with Crippen LogP contribution >= 0.6 is 0 Å². The van der Waals surface area contributed by atoms with E-state index in [1.54, 1.807) is 0 Å². The molecule has 174 valence electrons. The minimum absolute atomic E-state index is 0.0472. The number of carbonyl (C=O) groups is 1. The molecule has 2 atom stereocenters. The van der Waals surface area contributed by atoms with E-state index in [1.807, 2.05) is 25.7 Å². The number of hydrogen-bond donors (Lipinski definition) is 3. The minimum Gasteiger partial charge on any atom is -0.444 e. The predicted octanol–water partition coefficient (Wildman–Crippen LogP) is 2.37. The zero-order valence-electron chi connectivity index (χ0n) is 19.3. The van der Waals surface area contributed by atoms with Crippen LogP contribution in [0.5, 0.6) is 0 Å². The molecule has 30 heavy (non-hydrogen) atoms. The van der Waals surface area contributed by atoms with Crippen LogP contribution in [0, 0.1) is 11.3 Å². The van der Waals surface area contributed by atoms with Gasteiger partial charge in [-0.05, 0) is 65.7 Å². The number of nitrogens with one attached hydrogen (secondary N) is 2. The minimum atomic E-state index is -0.458. The SMILES string of the molecule is CCNC(=NCC1(CCO)CCOC1)NCCC1CCCN(C(=O)OC(C)(C)C)C1. The molecule has 0 saturated carbocycles. The number of piperidine rings is 1. The van der Waals surface area contributed by atoms with Gasteiger partial charge in [-0.2, -0.15) is 0 Å². The highest BCUT2D eigenvalue weighted by atomic mass is 16.6. The number of aliphatic hydroxyl groups is 1. The van der Waals surface area contributed by atoms with Crippen LogP contribution in [0.4, 0.5) is 4.79 Å². The Bertz CT molecular complexity index is 556. The van der Waals surface area contributed by atoms with Gasteiger partial charge in [0, 0.05) is 44.8 Å². The number of aliphatic hydroxyl groups excluding tert-OH is 1. The Morgan fingerprint density at radius 1 is 1.37 bits per heavy atom. The lowest BCUT2D eigenvalue weighted by atomic mass is 9.84. The summed E-state index contributed by atoms with van der Waals surface area (Å²) in [5.41, 5.74) is -0.505. The van der Waals surface area contributed by atoms with Crippen LogP contribution < -0.4 is 10.6 Å². The molecule has 0 spiro atoms. The summed E-state index contributed by atoms with van der Waals surface area (Å²) in [6, 6.07) is 0. The van der Waals surface area contributed by atoms with Crippen molar-refractivity contribution in [3.63, 3.8) is 0 Å². The fourth-order valence-electron chi connectivity index (χ4n) is 4.06. The molecule has 2 aliphatic rings. The number of aliphatic imine (C=N–C) groups is 1. The van der Waals surface area contributed by atoms with Crippen LogP contribution in [0.3, 0.4) is 0 Å².